The number of ether oxygens (including phenoxy) is 1. The summed E-state index contributed by atoms with van der Waals surface area (Å²) in [4.78, 5) is 35.7. The van der Waals surface area contributed by atoms with Crippen LogP contribution in [0.4, 0.5) is 0 Å². The minimum absolute atomic E-state index is 0.0132. The molecule has 118 valence electrons. The summed E-state index contributed by atoms with van der Waals surface area (Å²) >= 11 is 0. The zero-order chi connectivity index (χ0) is 16.1. The summed E-state index contributed by atoms with van der Waals surface area (Å²) in [6.07, 6.45) is 2.02. The van der Waals surface area contributed by atoms with Crippen molar-refractivity contribution in [2.24, 2.45) is 5.73 Å². The number of amides is 3. The smallest absolute Gasteiger partial charge is 0.260 e. The van der Waals surface area contributed by atoms with E-state index in [1.54, 1.807) is 19.2 Å². The van der Waals surface area contributed by atoms with Gasteiger partial charge in [-0.3, -0.25) is 14.4 Å². The number of rotatable bonds is 7. The Bertz CT molecular complexity index is 567. The van der Waals surface area contributed by atoms with Crippen LogP contribution in [0.25, 0.3) is 0 Å². The lowest BCUT2D eigenvalue weighted by atomic mass is 10.2. The van der Waals surface area contributed by atoms with E-state index in [-0.39, 0.29) is 31.0 Å². The third-order valence-electron chi connectivity index (χ3n) is 3.25. The van der Waals surface area contributed by atoms with Gasteiger partial charge >= 0.3 is 0 Å². The summed E-state index contributed by atoms with van der Waals surface area (Å²) in [5.74, 6) is -0.535. The molecule has 1 aromatic carbocycles. The first-order valence-electron chi connectivity index (χ1n) is 7.01. The van der Waals surface area contributed by atoms with Crippen molar-refractivity contribution >= 4 is 17.7 Å². The van der Waals surface area contributed by atoms with Crippen LogP contribution in [0.2, 0.25) is 0 Å². The molecular weight excluding hydrogens is 286 g/mol. The zero-order valence-electron chi connectivity index (χ0n) is 12.4. The Morgan fingerprint density at radius 2 is 1.91 bits per heavy atom. The van der Waals surface area contributed by atoms with E-state index in [0.717, 1.165) is 12.8 Å². The summed E-state index contributed by atoms with van der Waals surface area (Å²) in [5.41, 5.74) is 5.50. The van der Waals surface area contributed by atoms with Crippen LogP contribution >= 0.6 is 0 Å². The number of nitrogens with zero attached hydrogens (tertiary/aromatic N) is 1. The molecular formula is C15H19N3O4. The van der Waals surface area contributed by atoms with E-state index in [1.165, 1.54) is 17.0 Å². The number of nitrogens with two attached hydrogens (primary N) is 1. The highest BCUT2D eigenvalue weighted by molar-refractivity contribution is 5.92. The number of nitrogens with one attached hydrogen (secondary N) is 1. The molecule has 0 unspecified atom stereocenters. The quantitative estimate of drug-likeness (QED) is 0.734. The first-order valence-corrected chi connectivity index (χ1v) is 7.01. The number of hydrogen-bond acceptors (Lipinski definition) is 4. The summed E-state index contributed by atoms with van der Waals surface area (Å²) in [7, 11) is 1.55. The standard InChI is InChI=1S/C15H19N3O4/c1-18(8-13(19)17-11-4-5-11)14(20)9-22-12-6-2-10(3-7-12)15(16)21/h2-3,6-7,11H,4-5,8-9H2,1H3,(H2,16,21)(H,17,19). The van der Waals surface area contributed by atoms with E-state index >= 15 is 0 Å². The van der Waals surface area contributed by atoms with E-state index in [2.05, 4.69) is 5.32 Å². The van der Waals surface area contributed by atoms with E-state index < -0.39 is 5.91 Å². The van der Waals surface area contributed by atoms with Gasteiger partial charge in [0.05, 0.1) is 6.54 Å². The molecule has 22 heavy (non-hydrogen) atoms. The number of hydrogen-bond donors (Lipinski definition) is 2. The lowest BCUT2D eigenvalue weighted by molar-refractivity contribution is -0.136. The Morgan fingerprint density at radius 3 is 2.45 bits per heavy atom. The molecule has 0 atom stereocenters. The van der Waals surface area contributed by atoms with Crippen molar-refractivity contribution < 1.29 is 19.1 Å². The largest absolute Gasteiger partial charge is 0.484 e. The van der Waals surface area contributed by atoms with Crippen LogP contribution in [0.5, 0.6) is 5.75 Å². The lowest BCUT2D eigenvalue weighted by Gasteiger charge is -2.17. The molecule has 1 aromatic rings. The minimum atomic E-state index is -0.524. The predicted octanol–water partition coefficient (Wildman–Crippen LogP) is -0.0987. The molecule has 7 heteroatoms. The molecule has 1 fully saturated rings. The summed E-state index contributed by atoms with van der Waals surface area (Å²) in [5, 5.41) is 2.81. The Labute approximate surface area is 128 Å². The van der Waals surface area contributed by atoms with Crippen LogP contribution in [0, 0.1) is 0 Å². The van der Waals surface area contributed by atoms with Gasteiger partial charge in [-0.15, -0.1) is 0 Å². The monoisotopic (exact) mass is 305 g/mol. The highest BCUT2D eigenvalue weighted by atomic mass is 16.5. The van der Waals surface area contributed by atoms with Gasteiger partial charge in [0.1, 0.15) is 5.75 Å². The first kappa shape index (κ1) is 15.8. The van der Waals surface area contributed by atoms with Crippen molar-refractivity contribution in [2.45, 2.75) is 18.9 Å². The first-order chi connectivity index (χ1) is 10.5. The molecule has 3 amide bonds. The SMILES string of the molecule is CN(CC(=O)NC1CC1)C(=O)COc1ccc(C(N)=O)cc1. The van der Waals surface area contributed by atoms with E-state index in [9.17, 15) is 14.4 Å². The third kappa shape index (κ3) is 4.76. The number of primary amides is 1. The van der Waals surface area contributed by atoms with E-state index in [1.807, 2.05) is 0 Å². The molecule has 1 aliphatic rings. The molecule has 2 rings (SSSR count). The van der Waals surface area contributed by atoms with Crippen molar-refractivity contribution in [1.82, 2.24) is 10.2 Å². The fraction of sp³-hybridized carbons (Fsp3) is 0.400. The third-order valence-corrected chi connectivity index (χ3v) is 3.25. The Balaban J connectivity index is 1.75. The van der Waals surface area contributed by atoms with E-state index in [0.29, 0.717) is 11.3 Å². The predicted molar refractivity (Wildman–Crippen MR) is 79.3 cm³/mol. The number of carbonyl (C=O) groups excluding carboxylic acids is 3. The number of carbonyl (C=O) groups is 3. The average molecular weight is 305 g/mol. The van der Waals surface area contributed by atoms with Gasteiger partial charge < -0.3 is 20.7 Å². The van der Waals surface area contributed by atoms with Gasteiger partial charge in [-0.1, -0.05) is 0 Å². The van der Waals surface area contributed by atoms with Gasteiger partial charge in [-0.2, -0.15) is 0 Å². The molecule has 3 N–H and O–H groups in total. The van der Waals surface area contributed by atoms with Crippen LogP contribution in [0.1, 0.15) is 23.2 Å². The molecule has 0 aliphatic heterocycles. The zero-order valence-corrected chi connectivity index (χ0v) is 12.4. The summed E-state index contributed by atoms with van der Waals surface area (Å²) in [6.45, 7) is -0.164. The topological polar surface area (TPSA) is 102 Å². The highest BCUT2D eigenvalue weighted by Crippen LogP contribution is 2.18. The molecule has 1 aliphatic carbocycles. The van der Waals surface area contributed by atoms with Gasteiger partial charge in [-0.05, 0) is 37.1 Å². The number of benzene rings is 1. The summed E-state index contributed by atoms with van der Waals surface area (Å²) < 4.78 is 5.32. The minimum Gasteiger partial charge on any atom is -0.484 e. The van der Waals surface area contributed by atoms with Crippen LogP contribution in [0.15, 0.2) is 24.3 Å². The van der Waals surface area contributed by atoms with Crippen molar-refractivity contribution in [3.05, 3.63) is 29.8 Å². The molecule has 1 saturated carbocycles. The van der Waals surface area contributed by atoms with Gasteiger partial charge in [-0.25, -0.2) is 0 Å². The van der Waals surface area contributed by atoms with Gasteiger partial charge in [0, 0.05) is 18.7 Å². The van der Waals surface area contributed by atoms with Crippen molar-refractivity contribution in [2.75, 3.05) is 20.2 Å². The lowest BCUT2D eigenvalue weighted by Crippen LogP contribution is -2.40. The second-order valence-corrected chi connectivity index (χ2v) is 5.27. The molecule has 0 saturated heterocycles. The van der Waals surface area contributed by atoms with Crippen LogP contribution < -0.4 is 15.8 Å². The number of likely N-dealkylation sites (N-methyl/N-ethyl adjacent to an activating group) is 1. The van der Waals surface area contributed by atoms with Crippen LogP contribution in [-0.4, -0.2) is 48.9 Å². The van der Waals surface area contributed by atoms with Crippen LogP contribution in [-0.2, 0) is 9.59 Å². The molecule has 0 radical (unpaired) electrons. The van der Waals surface area contributed by atoms with E-state index in [4.69, 9.17) is 10.5 Å². The highest BCUT2D eigenvalue weighted by Gasteiger charge is 2.24. The van der Waals surface area contributed by atoms with Crippen molar-refractivity contribution in [3.8, 4) is 5.75 Å². The Hall–Kier alpha value is -2.57. The Kier molecular flexibility index (Phi) is 4.98. The molecule has 0 heterocycles. The fourth-order valence-electron chi connectivity index (χ4n) is 1.78. The van der Waals surface area contributed by atoms with Crippen LogP contribution in [0.3, 0.4) is 0 Å². The van der Waals surface area contributed by atoms with Gasteiger partial charge in [0.2, 0.25) is 11.8 Å². The fourth-order valence-corrected chi connectivity index (χ4v) is 1.78. The average Bonchev–Trinajstić information content (AvgIpc) is 3.28. The van der Waals surface area contributed by atoms with Crippen molar-refractivity contribution in [1.29, 1.82) is 0 Å². The van der Waals surface area contributed by atoms with Gasteiger partial charge in [0.15, 0.2) is 6.61 Å². The second kappa shape index (κ2) is 6.93. The van der Waals surface area contributed by atoms with Gasteiger partial charge in [0.25, 0.3) is 5.91 Å². The maximum atomic E-state index is 11.9. The van der Waals surface area contributed by atoms with Crippen molar-refractivity contribution in [3.63, 3.8) is 0 Å². The molecule has 0 spiro atoms. The normalized spacial score (nSPS) is 13.3. The summed E-state index contributed by atoms with van der Waals surface area (Å²) in [6, 6.07) is 6.44. The maximum absolute atomic E-state index is 11.9. The molecule has 0 aromatic heterocycles. The maximum Gasteiger partial charge on any atom is 0.260 e. The molecule has 0 bridgehead atoms. The molecule has 7 nitrogen and oxygen atoms in total. The Morgan fingerprint density at radius 1 is 1.27 bits per heavy atom. The second-order valence-electron chi connectivity index (χ2n) is 5.27.